The molecule has 2 saturated carbocycles. The van der Waals surface area contributed by atoms with Gasteiger partial charge in [-0.3, -0.25) is 19.6 Å². The third-order valence-electron chi connectivity index (χ3n) is 7.34. The van der Waals surface area contributed by atoms with E-state index in [1.54, 1.807) is 0 Å². The molecular formula is C24H19B3F4N4O2. The number of aromatic amines is 1. The van der Waals surface area contributed by atoms with Crippen LogP contribution in [0.25, 0.3) is 22.2 Å². The highest BCUT2D eigenvalue weighted by molar-refractivity contribution is 6.25. The number of rotatable bonds is 4. The fraction of sp³-hybridized carbons (Fsp3) is 0.417. The standard InChI is InChI=1S/C24H19B3F4N4O2/c25-15-8-22(28,29)4-5-24(15,27)19-11(1-2-16(35-19)21(26)9-23(30,31)10-21)13-7-14(36)17-12(34-13)3-6-33-18(17)20(32)37/h1-3,6-7,15H,4-5,8-10H2,(H2,32,37)(H,34,36). The second kappa shape index (κ2) is 8.20. The van der Waals surface area contributed by atoms with Crippen LogP contribution in [0.4, 0.5) is 17.6 Å². The van der Waals surface area contributed by atoms with E-state index >= 15 is 0 Å². The van der Waals surface area contributed by atoms with Gasteiger partial charge >= 0.3 is 0 Å². The lowest BCUT2D eigenvalue weighted by Crippen LogP contribution is -2.51. The van der Waals surface area contributed by atoms with Crippen LogP contribution in [0.3, 0.4) is 0 Å². The number of alkyl halides is 4. The minimum atomic E-state index is -3.03. The summed E-state index contributed by atoms with van der Waals surface area (Å²) in [5.41, 5.74) is 5.43. The van der Waals surface area contributed by atoms with Crippen LogP contribution in [-0.2, 0) is 10.6 Å². The third-order valence-corrected chi connectivity index (χ3v) is 7.34. The number of carbonyl (C=O) groups is 1. The molecule has 2 aliphatic carbocycles. The van der Waals surface area contributed by atoms with Crippen LogP contribution in [0.15, 0.2) is 35.3 Å². The topological polar surface area (TPSA) is 102 Å². The summed E-state index contributed by atoms with van der Waals surface area (Å²) in [6.45, 7) is 0. The number of hydrogen-bond donors (Lipinski definition) is 2. The van der Waals surface area contributed by atoms with E-state index in [9.17, 15) is 27.2 Å². The number of aromatic nitrogens is 3. The Balaban J connectivity index is 1.71. The number of primary amides is 1. The van der Waals surface area contributed by atoms with Gasteiger partial charge in [-0.25, -0.2) is 17.6 Å². The average molecular weight is 504 g/mol. The van der Waals surface area contributed by atoms with E-state index in [2.05, 4.69) is 15.0 Å². The van der Waals surface area contributed by atoms with Crippen molar-refractivity contribution in [2.24, 2.45) is 5.73 Å². The van der Waals surface area contributed by atoms with E-state index in [0.29, 0.717) is 0 Å². The summed E-state index contributed by atoms with van der Waals surface area (Å²) in [6.07, 6.45) is -1.49. The first-order valence-electron chi connectivity index (χ1n) is 11.6. The van der Waals surface area contributed by atoms with Crippen molar-refractivity contribution in [3.63, 3.8) is 0 Å². The predicted octanol–water partition coefficient (Wildman–Crippen LogP) is 3.02. The summed E-state index contributed by atoms with van der Waals surface area (Å²) in [4.78, 5) is 36.2. The molecule has 2 aliphatic rings. The van der Waals surface area contributed by atoms with Crippen molar-refractivity contribution < 1.29 is 22.4 Å². The normalized spacial score (nSPS) is 25.9. The Morgan fingerprint density at radius 2 is 1.78 bits per heavy atom. The molecule has 13 heteroatoms. The molecule has 0 saturated heterocycles. The molecule has 37 heavy (non-hydrogen) atoms. The number of nitrogens with two attached hydrogens (primary N) is 1. The number of nitrogens with one attached hydrogen (secondary N) is 1. The molecule has 3 N–H and O–H groups in total. The highest BCUT2D eigenvalue weighted by Gasteiger charge is 2.55. The van der Waals surface area contributed by atoms with E-state index in [1.165, 1.54) is 30.5 Å². The van der Waals surface area contributed by atoms with E-state index in [4.69, 9.17) is 29.3 Å². The maximum Gasteiger partial charge on any atom is 0.268 e. The summed E-state index contributed by atoms with van der Waals surface area (Å²) in [6, 6.07) is 5.59. The molecule has 6 radical (unpaired) electrons. The molecule has 0 spiro atoms. The van der Waals surface area contributed by atoms with Crippen LogP contribution in [0.2, 0.25) is 5.82 Å². The molecule has 0 aromatic carbocycles. The van der Waals surface area contributed by atoms with Gasteiger partial charge in [0.25, 0.3) is 5.91 Å². The van der Waals surface area contributed by atoms with Gasteiger partial charge in [-0.05, 0) is 35.2 Å². The number of nitrogens with zero attached hydrogens (tertiary/aromatic N) is 2. The summed E-state index contributed by atoms with van der Waals surface area (Å²) in [7, 11) is 19.0. The van der Waals surface area contributed by atoms with Crippen molar-refractivity contribution in [1.82, 2.24) is 15.0 Å². The lowest BCUT2D eigenvalue weighted by atomic mass is 9.46. The molecule has 1 amide bonds. The molecule has 2 atom stereocenters. The first kappa shape index (κ1) is 25.5. The van der Waals surface area contributed by atoms with Crippen LogP contribution in [0, 0.1) is 0 Å². The molecule has 0 bridgehead atoms. The highest BCUT2D eigenvalue weighted by Crippen LogP contribution is 2.53. The van der Waals surface area contributed by atoms with Crippen molar-refractivity contribution in [2.45, 2.75) is 60.4 Å². The smallest absolute Gasteiger partial charge is 0.268 e. The monoisotopic (exact) mass is 504 g/mol. The number of H-pyrrole nitrogens is 1. The molecule has 2 fully saturated rings. The zero-order valence-electron chi connectivity index (χ0n) is 19.5. The lowest BCUT2D eigenvalue weighted by molar-refractivity contribution is -0.102. The number of pyridine rings is 3. The van der Waals surface area contributed by atoms with Crippen LogP contribution < -0.4 is 11.2 Å². The first-order chi connectivity index (χ1) is 17.1. The SMILES string of the molecule is [B]C1CC(F)(F)CCC1([B])c1nc(C2([B])CC(F)(F)C2)ccc1-c1cc(=O)c2c(C(N)=O)nccc2[nH]1. The highest BCUT2D eigenvalue weighted by atomic mass is 19.3. The molecule has 3 aromatic rings. The Morgan fingerprint density at radius 3 is 2.41 bits per heavy atom. The van der Waals surface area contributed by atoms with Crippen molar-refractivity contribution in [3.8, 4) is 11.3 Å². The maximum atomic E-state index is 14.1. The summed E-state index contributed by atoms with van der Waals surface area (Å²) >= 11 is 0. The Morgan fingerprint density at radius 1 is 1.08 bits per heavy atom. The Bertz CT molecular complexity index is 1490. The van der Waals surface area contributed by atoms with E-state index < -0.39 is 65.3 Å². The molecule has 2 unspecified atom stereocenters. The van der Waals surface area contributed by atoms with Gasteiger partial charge in [0.15, 0.2) is 5.43 Å². The molecule has 0 aliphatic heterocycles. The van der Waals surface area contributed by atoms with Gasteiger partial charge in [0, 0.05) is 54.9 Å². The largest absolute Gasteiger partial charge is 0.364 e. The van der Waals surface area contributed by atoms with Gasteiger partial charge in [-0.1, -0.05) is 5.82 Å². The van der Waals surface area contributed by atoms with E-state index in [-0.39, 0.29) is 45.7 Å². The van der Waals surface area contributed by atoms with Crippen LogP contribution >= 0.6 is 0 Å². The van der Waals surface area contributed by atoms with Crippen molar-refractivity contribution in [1.29, 1.82) is 0 Å². The Kier molecular flexibility index (Phi) is 5.66. The molecule has 184 valence electrons. The number of hydrogen-bond acceptors (Lipinski definition) is 4. The van der Waals surface area contributed by atoms with E-state index in [1.807, 2.05) is 0 Å². The third kappa shape index (κ3) is 4.26. The fourth-order valence-corrected chi connectivity index (χ4v) is 5.37. The lowest BCUT2D eigenvalue weighted by Gasteiger charge is -2.47. The minimum absolute atomic E-state index is 0.0287. The summed E-state index contributed by atoms with van der Waals surface area (Å²) < 4.78 is 55.7. The second-order valence-corrected chi connectivity index (χ2v) is 10.2. The zero-order chi connectivity index (χ0) is 27.0. The Labute approximate surface area is 213 Å². The second-order valence-electron chi connectivity index (χ2n) is 10.2. The quantitative estimate of drug-likeness (QED) is 0.422. The van der Waals surface area contributed by atoms with Gasteiger partial charge in [-0.2, -0.15) is 0 Å². The number of amides is 1. The van der Waals surface area contributed by atoms with Gasteiger partial charge in [0.1, 0.15) is 5.69 Å². The molecule has 5 rings (SSSR count). The summed E-state index contributed by atoms with van der Waals surface area (Å²) in [5, 5.41) is -3.04. The molecule has 3 heterocycles. The number of fused-ring (bicyclic) bond motifs is 1. The van der Waals surface area contributed by atoms with Crippen molar-refractivity contribution >= 4 is 40.3 Å². The van der Waals surface area contributed by atoms with Gasteiger partial charge in [0.2, 0.25) is 11.8 Å². The van der Waals surface area contributed by atoms with Crippen LogP contribution in [-0.4, -0.2) is 56.2 Å². The molecule has 6 nitrogen and oxygen atoms in total. The van der Waals surface area contributed by atoms with Crippen molar-refractivity contribution in [3.05, 3.63) is 57.8 Å². The van der Waals surface area contributed by atoms with Gasteiger partial charge in [0.05, 0.1) is 40.1 Å². The van der Waals surface area contributed by atoms with E-state index in [0.717, 1.165) is 0 Å². The van der Waals surface area contributed by atoms with Crippen LogP contribution in [0.1, 0.15) is 54.0 Å². The fourth-order valence-electron chi connectivity index (χ4n) is 5.37. The number of carbonyl (C=O) groups excluding carboxylic acids is 1. The Hall–Kier alpha value is -3.11. The maximum absolute atomic E-state index is 14.1. The average Bonchev–Trinajstić information content (AvgIpc) is 2.79. The predicted molar refractivity (Wildman–Crippen MR) is 131 cm³/mol. The molecular weight excluding hydrogens is 485 g/mol. The number of halogens is 4. The van der Waals surface area contributed by atoms with Crippen molar-refractivity contribution in [2.75, 3.05) is 0 Å². The minimum Gasteiger partial charge on any atom is -0.364 e. The summed E-state index contributed by atoms with van der Waals surface area (Å²) in [5.74, 6) is -8.10. The first-order valence-corrected chi connectivity index (χ1v) is 11.6. The van der Waals surface area contributed by atoms with Gasteiger partial charge < -0.3 is 10.7 Å². The molecule has 3 aromatic heterocycles. The zero-order valence-corrected chi connectivity index (χ0v) is 19.5. The van der Waals surface area contributed by atoms with Gasteiger partial charge in [-0.15, -0.1) is 0 Å². The van der Waals surface area contributed by atoms with Crippen LogP contribution in [0.5, 0.6) is 0 Å².